The molecule has 2 aliphatic rings. The van der Waals surface area contributed by atoms with Crippen LogP contribution in [0.4, 0.5) is 5.69 Å². The molecule has 24 heavy (non-hydrogen) atoms. The fourth-order valence-corrected chi connectivity index (χ4v) is 3.50. The summed E-state index contributed by atoms with van der Waals surface area (Å²) in [5.41, 5.74) is 5.77. The Morgan fingerprint density at radius 3 is 2.54 bits per heavy atom. The van der Waals surface area contributed by atoms with E-state index >= 15 is 0 Å². The van der Waals surface area contributed by atoms with Crippen molar-refractivity contribution < 1.29 is 4.79 Å². The smallest absolute Gasteiger partial charge is 0.227 e. The van der Waals surface area contributed by atoms with Crippen molar-refractivity contribution in [2.24, 2.45) is 5.10 Å². The molecule has 1 aliphatic heterocycles. The molecule has 0 atom stereocenters. The highest BCUT2D eigenvalue weighted by molar-refractivity contribution is 7.80. The lowest BCUT2D eigenvalue weighted by molar-refractivity contribution is -0.117. The topological polar surface area (TPSA) is 56.7 Å². The van der Waals surface area contributed by atoms with E-state index in [0.717, 1.165) is 29.9 Å². The average Bonchev–Trinajstić information content (AvgIpc) is 3.24. The van der Waals surface area contributed by atoms with E-state index in [0.29, 0.717) is 17.6 Å². The fraction of sp³-hybridized carbons (Fsp3) is 0.500. The Morgan fingerprint density at radius 2 is 1.92 bits per heavy atom. The number of anilines is 1. The molecule has 3 rings (SSSR count). The third-order valence-corrected chi connectivity index (χ3v) is 4.89. The van der Waals surface area contributed by atoms with Crippen LogP contribution in [0.15, 0.2) is 29.4 Å². The maximum atomic E-state index is 11.8. The number of rotatable bonds is 4. The number of carbonyl (C=O) groups is 1. The molecule has 0 unspecified atom stereocenters. The van der Waals surface area contributed by atoms with E-state index < -0.39 is 0 Å². The second-order valence-electron chi connectivity index (χ2n) is 6.46. The highest BCUT2D eigenvalue weighted by Crippen LogP contribution is 2.21. The van der Waals surface area contributed by atoms with Gasteiger partial charge in [0.25, 0.3) is 0 Å². The predicted molar refractivity (Wildman–Crippen MR) is 101 cm³/mol. The zero-order valence-electron chi connectivity index (χ0n) is 14.0. The Hall–Kier alpha value is -1.95. The predicted octanol–water partition coefficient (Wildman–Crippen LogP) is 2.94. The normalized spacial score (nSPS) is 19.0. The van der Waals surface area contributed by atoms with E-state index in [4.69, 9.17) is 12.2 Å². The summed E-state index contributed by atoms with van der Waals surface area (Å²) < 4.78 is 0. The van der Waals surface area contributed by atoms with Crippen molar-refractivity contribution in [3.63, 3.8) is 0 Å². The summed E-state index contributed by atoms with van der Waals surface area (Å²) in [5, 5.41) is 8.25. The minimum Gasteiger partial charge on any atom is -0.359 e. The molecule has 1 saturated carbocycles. The first kappa shape index (κ1) is 16.9. The standard InChI is InChI=1S/C18H24N4OS/c1-13(20-21-18(24)19-15-5-2-3-6-15)14-8-10-16(11-9-14)22-12-4-7-17(22)23/h8-11,15H,2-7,12H2,1H3,(H2,19,21,24)/b20-13-. The monoisotopic (exact) mass is 344 g/mol. The number of hydrazone groups is 1. The summed E-state index contributed by atoms with van der Waals surface area (Å²) in [6, 6.07) is 8.43. The molecule has 2 N–H and O–H groups in total. The number of amides is 1. The van der Waals surface area contributed by atoms with Crippen molar-refractivity contribution in [2.45, 2.75) is 51.5 Å². The Kier molecular flexibility index (Phi) is 5.45. The Labute approximate surface area is 148 Å². The van der Waals surface area contributed by atoms with Gasteiger partial charge in [-0.3, -0.25) is 10.2 Å². The van der Waals surface area contributed by atoms with Gasteiger partial charge in [-0.1, -0.05) is 25.0 Å². The molecule has 6 heteroatoms. The van der Waals surface area contributed by atoms with Crippen LogP contribution in [0.3, 0.4) is 0 Å². The van der Waals surface area contributed by atoms with Gasteiger partial charge in [-0.15, -0.1) is 0 Å². The molecular weight excluding hydrogens is 320 g/mol. The lowest BCUT2D eigenvalue weighted by atomic mass is 10.1. The molecule has 128 valence electrons. The summed E-state index contributed by atoms with van der Waals surface area (Å²) in [5.74, 6) is 0.207. The highest BCUT2D eigenvalue weighted by Gasteiger charge is 2.21. The second-order valence-corrected chi connectivity index (χ2v) is 6.87. The van der Waals surface area contributed by atoms with Gasteiger partial charge in [-0.25, -0.2) is 0 Å². The van der Waals surface area contributed by atoms with Crippen LogP contribution in [0.2, 0.25) is 0 Å². The molecule has 1 amide bonds. The van der Waals surface area contributed by atoms with Gasteiger partial charge in [-0.2, -0.15) is 5.10 Å². The van der Waals surface area contributed by atoms with Crippen LogP contribution in [0.5, 0.6) is 0 Å². The number of hydrogen-bond acceptors (Lipinski definition) is 3. The zero-order chi connectivity index (χ0) is 16.9. The van der Waals surface area contributed by atoms with Gasteiger partial charge in [0.05, 0.1) is 5.71 Å². The van der Waals surface area contributed by atoms with E-state index in [1.165, 1.54) is 25.7 Å². The zero-order valence-corrected chi connectivity index (χ0v) is 14.9. The number of thiocarbonyl (C=S) groups is 1. The number of hydrogen-bond donors (Lipinski definition) is 2. The van der Waals surface area contributed by atoms with Crippen LogP contribution >= 0.6 is 12.2 Å². The molecule has 1 aliphatic carbocycles. The van der Waals surface area contributed by atoms with Crippen molar-refractivity contribution >= 4 is 34.6 Å². The molecule has 1 saturated heterocycles. The van der Waals surface area contributed by atoms with Gasteiger partial charge >= 0.3 is 0 Å². The molecule has 2 fully saturated rings. The van der Waals surface area contributed by atoms with Crippen LogP contribution in [-0.4, -0.2) is 29.3 Å². The molecule has 1 heterocycles. The van der Waals surface area contributed by atoms with Crippen LogP contribution in [0.25, 0.3) is 0 Å². The van der Waals surface area contributed by atoms with Crippen molar-refractivity contribution in [1.82, 2.24) is 10.7 Å². The largest absolute Gasteiger partial charge is 0.359 e. The maximum absolute atomic E-state index is 11.8. The summed E-state index contributed by atoms with van der Waals surface area (Å²) in [6.45, 7) is 2.76. The number of nitrogens with one attached hydrogen (secondary N) is 2. The van der Waals surface area contributed by atoms with Gasteiger partial charge in [0.2, 0.25) is 5.91 Å². The van der Waals surface area contributed by atoms with Crippen molar-refractivity contribution in [3.8, 4) is 0 Å². The summed E-state index contributed by atoms with van der Waals surface area (Å²) >= 11 is 5.29. The first-order valence-corrected chi connectivity index (χ1v) is 9.06. The molecule has 1 aromatic rings. The van der Waals surface area contributed by atoms with E-state index in [1.807, 2.05) is 36.1 Å². The van der Waals surface area contributed by atoms with Gasteiger partial charge < -0.3 is 10.2 Å². The molecule has 0 radical (unpaired) electrons. The maximum Gasteiger partial charge on any atom is 0.227 e. The van der Waals surface area contributed by atoms with E-state index in [9.17, 15) is 4.79 Å². The first-order valence-electron chi connectivity index (χ1n) is 8.65. The molecule has 0 bridgehead atoms. The Bertz CT molecular complexity index is 635. The molecular formula is C18H24N4OS. The van der Waals surface area contributed by atoms with Crippen LogP contribution in [-0.2, 0) is 4.79 Å². The number of nitrogens with zero attached hydrogens (tertiary/aromatic N) is 2. The second kappa shape index (κ2) is 7.75. The Balaban J connectivity index is 1.56. The third kappa shape index (κ3) is 4.12. The molecule has 0 aromatic heterocycles. The lowest BCUT2D eigenvalue weighted by Crippen LogP contribution is -2.38. The SMILES string of the molecule is C/C(=N/NC(=S)NC1CCCC1)c1ccc(N2CCCC2=O)cc1. The quantitative estimate of drug-likeness (QED) is 0.501. The van der Waals surface area contributed by atoms with Crippen LogP contribution in [0, 0.1) is 0 Å². The van der Waals surface area contributed by atoms with E-state index in [-0.39, 0.29) is 5.91 Å². The summed E-state index contributed by atoms with van der Waals surface area (Å²) in [6.07, 6.45) is 6.50. The summed E-state index contributed by atoms with van der Waals surface area (Å²) in [7, 11) is 0. The van der Waals surface area contributed by atoms with Crippen LogP contribution < -0.4 is 15.6 Å². The van der Waals surface area contributed by atoms with Gasteiger partial charge in [0.15, 0.2) is 5.11 Å². The molecule has 5 nitrogen and oxygen atoms in total. The number of carbonyl (C=O) groups excluding carboxylic acids is 1. The molecule has 0 spiro atoms. The van der Waals surface area contributed by atoms with Crippen molar-refractivity contribution in [3.05, 3.63) is 29.8 Å². The van der Waals surface area contributed by atoms with E-state index in [1.54, 1.807) is 0 Å². The fourth-order valence-electron chi connectivity index (χ4n) is 3.29. The van der Waals surface area contributed by atoms with Gasteiger partial charge in [0, 0.05) is 24.7 Å². The first-order chi connectivity index (χ1) is 11.6. The highest BCUT2D eigenvalue weighted by atomic mass is 32.1. The minimum atomic E-state index is 0.207. The van der Waals surface area contributed by atoms with E-state index in [2.05, 4.69) is 15.8 Å². The van der Waals surface area contributed by atoms with Gasteiger partial charge in [0.1, 0.15) is 0 Å². The van der Waals surface area contributed by atoms with Crippen molar-refractivity contribution in [2.75, 3.05) is 11.4 Å². The van der Waals surface area contributed by atoms with Gasteiger partial charge in [-0.05, 0) is 56.1 Å². The van der Waals surface area contributed by atoms with Crippen molar-refractivity contribution in [1.29, 1.82) is 0 Å². The van der Waals surface area contributed by atoms with Crippen LogP contribution in [0.1, 0.15) is 51.0 Å². The minimum absolute atomic E-state index is 0.207. The third-order valence-electron chi connectivity index (χ3n) is 4.69. The lowest BCUT2D eigenvalue weighted by Gasteiger charge is -2.16. The Morgan fingerprint density at radius 1 is 1.21 bits per heavy atom. The molecule has 1 aromatic carbocycles. The number of benzene rings is 1. The summed E-state index contributed by atoms with van der Waals surface area (Å²) in [4.78, 5) is 13.6. The average molecular weight is 344 g/mol.